The number of fused-ring (bicyclic) bond motifs is 1. The molecule has 0 aliphatic heterocycles. The minimum Gasteiger partial charge on any atom is -0.497 e. The van der Waals surface area contributed by atoms with Gasteiger partial charge in [-0.25, -0.2) is 4.85 Å². The fourth-order valence-electron chi connectivity index (χ4n) is 1.38. The van der Waals surface area contributed by atoms with E-state index in [0.717, 1.165) is 21.1 Å². The number of aromatic nitrogens is 1. The van der Waals surface area contributed by atoms with Crippen molar-refractivity contribution in [3.63, 3.8) is 0 Å². The van der Waals surface area contributed by atoms with Crippen LogP contribution >= 0.6 is 15.9 Å². The summed E-state index contributed by atoms with van der Waals surface area (Å²) in [5.41, 5.74) is 1.52. The lowest BCUT2D eigenvalue weighted by Crippen LogP contribution is -1.82. The number of H-pyrrole nitrogens is 1. The molecule has 0 saturated carbocycles. The summed E-state index contributed by atoms with van der Waals surface area (Å²) in [6.07, 6.45) is 1.70. The van der Waals surface area contributed by atoms with E-state index in [1.807, 2.05) is 12.1 Å². The Balaban J connectivity index is 2.80. The normalized spacial score (nSPS) is 10.1. The van der Waals surface area contributed by atoms with Crippen LogP contribution in [-0.2, 0) is 0 Å². The fraction of sp³-hybridized carbons (Fsp3) is 0.100. The Morgan fingerprint density at radius 1 is 1.50 bits per heavy atom. The molecular weight excluding hydrogens is 244 g/mol. The van der Waals surface area contributed by atoms with Crippen molar-refractivity contribution in [2.45, 2.75) is 0 Å². The molecule has 0 fully saturated rings. The summed E-state index contributed by atoms with van der Waals surface area (Å²) >= 11 is 3.42. The number of benzene rings is 1. The number of hydrogen-bond acceptors (Lipinski definition) is 1. The maximum atomic E-state index is 6.99. The highest BCUT2D eigenvalue weighted by Crippen LogP contribution is 2.35. The summed E-state index contributed by atoms with van der Waals surface area (Å²) in [4.78, 5) is 6.45. The van der Waals surface area contributed by atoms with Crippen molar-refractivity contribution in [3.05, 3.63) is 34.2 Å². The first-order valence-corrected chi connectivity index (χ1v) is 4.77. The molecule has 0 unspecified atom stereocenters. The highest BCUT2D eigenvalue weighted by Gasteiger charge is 2.08. The van der Waals surface area contributed by atoms with Gasteiger partial charge >= 0.3 is 0 Å². The van der Waals surface area contributed by atoms with Crippen molar-refractivity contribution in [1.29, 1.82) is 0 Å². The molecule has 0 amide bonds. The number of ether oxygens (including phenoxy) is 1. The van der Waals surface area contributed by atoms with Crippen LogP contribution in [0.3, 0.4) is 0 Å². The average molecular weight is 251 g/mol. The summed E-state index contributed by atoms with van der Waals surface area (Å²) in [7, 11) is 1.62. The van der Waals surface area contributed by atoms with Crippen molar-refractivity contribution in [1.82, 2.24) is 4.98 Å². The van der Waals surface area contributed by atoms with Crippen LogP contribution in [-0.4, -0.2) is 12.1 Å². The Kier molecular flexibility index (Phi) is 2.18. The largest absolute Gasteiger partial charge is 0.497 e. The van der Waals surface area contributed by atoms with Crippen LogP contribution in [0.1, 0.15) is 0 Å². The fourth-order valence-corrected chi connectivity index (χ4v) is 2.02. The Morgan fingerprint density at radius 3 is 2.93 bits per heavy atom. The van der Waals surface area contributed by atoms with E-state index in [1.165, 1.54) is 0 Å². The molecule has 2 rings (SSSR count). The van der Waals surface area contributed by atoms with Crippen molar-refractivity contribution < 1.29 is 4.74 Å². The van der Waals surface area contributed by atoms with Crippen LogP contribution in [0.25, 0.3) is 15.7 Å². The van der Waals surface area contributed by atoms with Crippen LogP contribution in [0, 0.1) is 6.57 Å². The standard InChI is InChI=1S/C10H7BrN2O/c1-12-9-5-13-8-4-6(14-2)3-7(11)10(8)9/h3-5,13H,2H3. The molecule has 1 aromatic carbocycles. The van der Waals surface area contributed by atoms with Gasteiger partial charge in [-0.2, -0.15) is 0 Å². The molecular formula is C10H7BrN2O. The summed E-state index contributed by atoms with van der Waals surface area (Å²) in [5, 5.41) is 0.904. The third kappa shape index (κ3) is 1.26. The topological polar surface area (TPSA) is 29.4 Å². The second kappa shape index (κ2) is 3.35. The molecule has 3 nitrogen and oxygen atoms in total. The molecule has 1 N–H and O–H groups in total. The van der Waals surface area contributed by atoms with Gasteiger partial charge in [-0.15, -0.1) is 0 Å². The Labute approximate surface area is 89.6 Å². The van der Waals surface area contributed by atoms with Gasteiger partial charge in [-0.3, -0.25) is 0 Å². The summed E-state index contributed by atoms with van der Waals surface area (Å²) < 4.78 is 5.99. The van der Waals surface area contributed by atoms with Gasteiger partial charge in [0.1, 0.15) is 5.75 Å². The lowest BCUT2D eigenvalue weighted by molar-refractivity contribution is 0.415. The molecule has 0 atom stereocenters. The number of rotatable bonds is 1. The van der Waals surface area contributed by atoms with Gasteiger partial charge in [-0.05, 0) is 6.07 Å². The number of methoxy groups -OCH3 is 1. The van der Waals surface area contributed by atoms with Crippen LogP contribution in [0.4, 0.5) is 5.69 Å². The van der Waals surface area contributed by atoms with E-state index in [1.54, 1.807) is 13.3 Å². The monoisotopic (exact) mass is 250 g/mol. The Hall–Kier alpha value is -1.47. The van der Waals surface area contributed by atoms with E-state index in [0.29, 0.717) is 5.69 Å². The third-order valence-electron chi connectivity index (χ3n) is 2.04. The van der Waals surface area contributed by atoms with Crippen molar-refractivity contribution in [2.75, 3.05) is 7.11 Å². The second-order valence-corrected chi connectivity index (χ2v) is 3.67. The smallest absolute Gasteiger partial charge is 0.212 e. The van der Waals surface area contributed by atoms with Gasteiger partial charge in [0.2, 0.25) is 5.69 Å². The lowest BCUT2D eigenvalue weighted by atomic mass is 10.2. The van der Waals surface area contributed by atoms with E-state index in [-0.39, 0.29) is 0 Å². The molecule has 0 radical (unpaired) electrons. The first kappa shape index (κ1) is 9.10. The number of aromatic amines is 1. The quantitative estimate of drug-likeness (QED) is 0.772. The highest BCUT2D eigenvalue weighted by atomic mass is 79.9. The molecule has 70 valence electrons. The maximum absolute atomic E-state index is 6.99. The minimum absolute atomic E-state index is 0.620. The first-order valence-electron chi connectivity index (χ1n) is 3.98. The summed E-state index contributed by atoms with van der Waals surface area (Å²) in [6.45, 7) is 6.99. The van der Waals surface area contributed by atoms with Gasteiger partial charge in [0.25, 0.3) is 0 Å². The zero-order valence-corrected chi connectivity index (χ0v) is 9.05. The molecule has 4 heteroatoms. The SMILES string of the molecule is [C-]#[N+]c1c[nH]c2cc(OC)cc(Br)c12. The lowest BCUT2D eigenvalue weighted by Gasteiger charge is -2.01. The highest BCUT2D eigenvalue weighted by molar-refractivity contribution is 9.10. The second-order valence-electron chi connectivity index (χ2n) is 2.82. The van der Waals surface area contributed by atoms with E-state index in [2.05, 4.69) is 25.8 Å². The molecule has 1 heterocycles. The van der Waals surface area contributed by atoms with Gasteiger partial charge < -0.3 is 9.72 Å². The minimum atomic E-state index is 0.620. The van der Waals surface area contributed by atoms with Gasteiger partial charge in [0, 0.05) is 27.6 Å². The third-order valence-corrected chi connectivity index (χ3v) is 2.67. The summed E-state index contributed by atoms with van der Waals surface area (Å²) in [5.74, 6) is 0.766. The van der Waals surface area contributed by atoms with Crippen LogP contribution in [0.15, 0.2) is 22.8 Å². The number of hydrogen-bond donors (Lipinski definition) is 1. The predicted octanol–water partition coefficient (Wildman–Crippen LogP) is 3.49. The summed E-state index contributed by atoms with van der Waals surface area (Å²) in [6, 6.07) is 3.72. The number of nitrogens with one attached hydrogen (secondary N) is 1. The molecule has 0 aliphatic rings. The predicted molar refractivity (Wildman–Crippen MR) is 58.8 cm³/mol. The molecule has 0 aliphatic carbocycles. The van der Waals surface area contributed by atoms with E-state index in [4.69, 9.17) is 11.3 Å². The number of halogens is 1. The maximum Gasteiger partial charge on any atom is 0.212 e. The molecule has 14 heavy (non-hydrogen) atoms. The van der Waals surface area contributed by atoms with Crippen molar-refractivity contribution in [3.8, 4) is 5.75 Å². The van der Waals surface area contributed by atoms with Crippen LogP contribution < -0.4 is 4.74 Å². The van der Waals surface area contributed by atoms with Crippen molar-refractivity contribution in [2.24, 2.45) is 0 Å². The molecule has 2 aromatic rings. The van der Waals surface area contributed by atoms with Gasteiger partial charge in [-0.1, -0.05) is 15.9 Å². The zero-order chi connectivity index (χ0) is 10.1. The zero-order valence-electron chi connectivity index (χ0n) is 7.47. The molecule has 1 aromatic heterocycles. The average Bonchev–Trinajstić information content (AvgIpc) is 2.61. The van der Waals surface area contributed by atoms with Crippen molar-refractivity contribution >= 4 is 32.5 Å². The Bertz CT molecular complexity index is 525. The van der Waals surface area contributed by atoms with Gasteiger partial charge in [0.15, 0.2) is 0 Å². The van der Waals surface area contributed by atoms with E-state index in [9.17, 15) is 0 Å². The Morgan fingerprint density at radius 2 is 2.29 bits per heavy atom. The van der Waals surface area contributed by atoms with Crippen LogP contribution in [0.2, 0.25) is 0 Å². The van der Waals surface area contributed by atoms with Gasteiger partial charge in [0.05, 0.1) is 13.7 Å². The number of nitrogens with zero attached hydrogens (tertiary/aromatic N) is 1. The molecule has 0 saturated heterocycles. The first-order chi connectivity index (χ1) is 6.76. The van der Waals surface area contributed by atoms with Crippen LogP contribution in [0.5, 0.6) is 5.75 Å². The van der Waals surface area contributed by atoms with E-state index < -0.39 is 0 Å². The molecule has 0 bridgehead atoms. The molecule has 0 spiro atoms. The van der Waals surface area contributed by atoms with E-state index >= 15 is 0 Å².